The Morgan fingerprint density at radius 1 is 0.917 bits per heavy atom. The summed E-state index contributed by atoms with van der Waals surface area (Å²) in [5.74, 6) is 0.670. The van der Waals surface area contributed by atoms with Crippen molar-refractivity contribution in [1.82, 2.24) is 10.6 Å². The van der Waals surface area contributed by atoms with Crippen LogP contribution in [0.3, 0.4) is 0 Å². The maximum Gasteiger partial charge on any atom is 0.0595 e. The molecule has 2 nitrogen and oxygen atoms in total. The van der Waals surface area contributed by atoms with Crippen molar-refractivity contribution in [1.29, 1.82) is 0 Å². The monoisotopic (exact) mass is 172 g/mol. The van der Waals surface area contributed by atoms with Gasteiger partial charge in [-0.25, -0.2) is 0 Å². The molecular formula is C10H24N2. The molecule has 74 valence electrons. The molecule has 0 aromatic rings. The molecule has 0 amide bonds. The van der Waals surface area contributed by atoms with Crippen molar-refractivity contribution < 1.29 is 0 Å². The maximum atomic E-state index is 3.49. The van der Waals surface area contributed by atoms with Crippen LogP contribution >= 0.6 is 0 Å². The lowest BCUT2D eigenvalue weighted by molar-refractivity contribution is 0.335. The van der Waals surface area contributed by atoms with Gasteiger partial charge in [0.05, 0.1) is 6.17 Å². The van der Waals surface area contributed by atoms with Crippen LogP contribution in [0.2, 0.25) is 0 Å². The third-order valence-electron chi connectivity index (χ3n) is 1.90. The first kappa shape index (κ1) is 11.9. The van der Waals surface area contributed by atoms with E-state index in [1.54, 1.807) is 0 Å². The van der Waals surface area contributed by atoms with Crippen molar-refractivity contribution in [3.63, 3.8) is 0 Å². The Morgan fingerprint density at radius 3 is 1.58 bits per heavy atom. The predicted octanol–water partition coefficient (Wildman–Crippen LogP) is 1.97. The SMILES string of the molecule is CCCNC(NCCC)C(C)C. The summed E-state index contributed by atoms with van der Waals surface area (Å²) in [6.07, 6.45) is 2.90. The number of rotatable bonds is 7. The van der Waals surface area contributed by atoms with Gasteiger partial charge in [-0.15, -0.1) is 0 Å². The Balaban J connectivity index is 3.55. The lowest BCUT2D eigenvalue weighted by atomic mass is 10.1. The molecular weight excluding hydrogens is 148 g/mol. The lowest BCUT2D eigenvalue weighted by Gasteiger charge is -2.23. The lowest BCUT2D eigenvalue weighted by Crippen LogP contribution is -2.46. The van der Waals surface area contributed by atoms with Crippen LogP contribution in [0.15, 0.2) is 0 Å². The van der Waals surface area contributed by atoms with Gasteiger partial charge < -0.3 is 10.6 Å². The third-order valence-corrected chi connectivity index (χ3v) is 1.90. The molecule has 0 atom stereocenters. The van der Waals surface area contributed by atoms with Crippen LogP contribution < -0.4 is 10.6 Å². The first-order valence-electron chi connectivity index (χ1n) is 5.19. The highest BCUT2D eigenvalue weighted by Crippen LogP contribution is 1.97. The Morgan fingerprint density at radius 2 is 1.33 bits per heavy atom. The van der Waals surface area contributed by atoms with Crippen LogP contribution in [0, 0.1) is 5.92 Å². The zero-order valence-corrected chi connectivity index (χ0v) is 8.98. The summed E-state index contributed by atoms with van der Waals surface area (Å²) in [7, 11) is 0. The molecule has 0 unspecified atom stereocenters. The minimum Gasteiger partial charge on any atom is -0.302 e. The summed E-state index contributed by atoms with van der Waals surface area (Å²) < 4.78 is 0. The molecule has 0 saturated heterocycles. The van der Waals surface area contributed by atoms with E-state index in [-0.39, 0.29) is 0 Å². The Labute approximate surface area is 77.1 Å². The Kier molecular flexibility index (Phi) is 7.51. The van der Waals surface area contributed by atoms with Crippen LogP contribution in [0.1, 0.15) is 40.5 Å². The smallest absolute Gasteiger partial charge is 0.0595 e. The van der Waals surface area contributed by atoms with Gasteiger partial charge in [0.15, 0.2) is 0 Å². The van der Waals surface area contributed by atoms with Crippen LogP contribution in [0.4, 0.5) is 0 Å². The molecule has 0 aliphatic rings. The Hall–Kier alpha value is -0.0800. The molecule has 0 rings (SSSR count). The van der Waals surface area contributed by atoms with Gasteiger partial charge in [0.25, 0.3) is 0 Å². The second-order valence-corrected chi connectivity index (χ2v) is 3.63. The summed E-state index contributed by atoms with van der Waals surface area (Å²) in [5, 5.41) is 6.99. The predicted molar refractivity (Wildman–Crippen MR) is 55.2 cm³/mol. The normalized spacial score (nSPS) is 11.5. The van der Waals surface area contributed by atoms with Gasteiger partial charge in [0.1, 0.15) is 0 Å². The van der Waals surface area contributed by atoms with Crippen LogP contribution in [0.25, 0.3) is 0 Å². The molecule has 0 aliphatic carbocycles. The van der Waals surface area contributed by atoms with Crippen LogP contribution in [0.5, 0.6) is 0 Å². The second kappa shape index (κ2) is 7.56. The van der Waals surface area contributed by atoms with E-state index < -0.39 is 0 Å². The summed E-state index contributed by atoms with van der Waals surface area (Å²) in [6, 6.07) is 0. The second-order valence-electron chi connectivity index (χ2n) is 3.63. The van der Waals surface area contributed by atoms with Crippen molar-refractivity contribution in [3.05, 3.63) is 0 Å². The topological polar surface area (TPSA) is 24.1 Å². The molecule has 0 bridgehead atoms. The zero-order chi connectivity index (χ0) is 9.40. The number of nitrogens with one attached hydrogen (secondary N) is 2. The highest BCUT2D eigenvalue weighted by Gasteiger charge is 2.09. The van der Waals surface area contributed by atoms with E-state index in [1.165, 1.54) is 12.8 Å². The van der Waals surface area contributed by atoms with Gasteiger partial charge in [-0.05, 0) is 31.8 Å². The molecule has 12 heavy (non-hydrogen) atoms. The minimum atomic E-state index is 0.491. The van der Waals surface area contributed by atoms with Crippen molar-refractivity contribution >= 4 is 0 Å². The van der Waals surface area contributed by atoms with E-state index in [4.69, 9.17) is 0 Å². The summed E-state index contributed by atoms with van der Waals surface area (Å²) in [6.45, 7) is 11.1. The van der Waals surface area contributed by atoms with Gasteiger partial charge in [0.2, 0.25) is 0 Å². The first-order valence-corrected chi connectivity index (χ1v) is 5.19. The molecule has 0 spiro atoms. The fourth-order valence-corrected chi connectivity index (χ4v) is 1.14. The zero-order valence-electron chi connectivity index (χ0n) is 8.98. The van der Waals surface area contributed by atoms with Crippen molar-refractivity contribution in [2.75, 3.05) is 13.1 Å². The van der Waals surface area contributed by atoms with Gasteiger partial charge in [-0.2, -0.15) is 0 Å². The molecule has 0 fully saturated rings. The summed E-state index contributed by atoms with van der Waals surface area (Å²) in [5.41, 5.74) is 0. The molecule has 0 heterocycles. The standard InChI is InChI=1S/C10H24N2/c1-5-7-11-10(9(3)4)12-8-6-2/h9-12H,5-8H2,1-4H3. The fourth-order valence-electron chi connectivity index (χ4n) is 1.14. The van der Waals surface area contributed by atoms with E-state index in [0.29, 0.717) is 12.1 Å². The van der Waals surface area contributed by atoms with Gasteiger partial charge in [-0.1, -0.05) is 27.7 Å². The average Bonchev–Trinajstić information content (AvgIpc) is 2.04. The summed E-state index contributed by atoms with van der Waals surface area (Å²) >= 11 is 0. The van der Waals surface area contributed by atoms with Gasteiger partial charge in [0, 0.05) is 0 Å². The van der Waals surface area contributed by atoms with Crippen LogP contribution in [-0.2, 0) is 0 Å². The van der Waals surface area contributed by atoms with Crippen LogP contribution in [-0.4, -0.2) is 19.3 Å². The first-order chi connectivity index (χ1) is 5.72. The molecule has 0 saturated carbocycles. The number of hydrogen-bond donors (Lipinski definition) is 2. The average molecular weight is 172 g/mol. The van der Waals surface area contributed by atoms with Gasteiger partial charge in [-0.3, -0.25) is 0 Å². The molecule has 0 aromatic heterocycles. The highest BCUT2D eigenvalue weighted by molar-refractivity contribution is 4.67. The Bertz CT molecular complexity index is 83.8. The highest BCUT2D eigenvalue weighted by atomic mass is 15.1. The van der Waals surface area contributed by atoms with Crippen molar-refractivity contribution in [3.8, 4) is 0 Å². The summed E-state index contributed by atoms with van der Waals surface area (Å²) in [4.78, 5) is 0. The number of hydrogen-bond acceptors (Lipinski definition) is 2. The van der Waals surface area contributed by atoms with E-state index in [2.05, 4.69) is 38.3 Å². The van der Waals surface area contributed by atoms with Crippen molar-refractivity contribution in [2.45, 2.75) is 46.7 Å². The molecule has 2 heteroatoms. The molecule has 0 radical (unpaired) electrons. The minimum absolute atomic E-state index is 0.491. The fraction of sp³-hybridized carbons (Fsp3) is 1.00. The van der Waals surface area contributed by atoms with Gasteiger partial charge >= 0.3 is 0 Å². The largest absolute Gasteiger partial charge is 0.302 e. The molecule has 2 N–H and O–H groups in total. The van der Waals surface area contributed by atoms with E-state index in [1.807, 2.05) is 0 Å². The quantitative estimate of drug-likeness (QED) is 0.574. The van der Waals surface area contributed by atoms with E-state index in [0.717, 1.165) is 13.1 Å². The van der Waals surface area contributed by atoms with Crippen molar-refractivity contribution in [2.24, 2.45) is 5.92 Å². The third kappa shape index (κ3) is 5.56. The maximum absolute atomic E-state index is 3.49. The molecule has 0 aliphatic heterocycles. The molecule has 0 aromatic carbocycles. The van der Waals surface area contributed by atoms with E-state index in [9.17, 15) is 0 Å². The van der Waals surface area contributed by atoms with E-state index >= 15 is 0 Å².